The Morgan fingerprint density at radius 1 is 0.931 bits per heavy atom. The molecule has 0 fully saturated rings. The summed E-state index contributed by atoms with van der Waals surface area (Å²) >= 11 is 0. The van der Waals surface area contributed by atoms with Crippen molar-refractivity contribution >= 4 is 16.8 Å². The number of amides is 1. The highest BCUT2D eigenvalue weighted by Gasteiger charge is 2.13. The molecule has 0 bridgehead atoms. The zero-order valence-electron chi connectivity index (χ0n) is 16.8. The van der Waals surface area contributed by atoms with Gasteiger partial charge in [-0.15, -0.1) is 0 Å². The molecule has 0 radical (unpaired) electrons. The van der Waals surface area contributed by atoms with Gasteiger partial charge in [-0.2, -0.15) is 0 Å². The molecule has 0 spiro atoms. The van der Waals surface area contributed by atoms with E-state index in [9.17, 15) is 14.4 Å². The fraction of sp³-hybridized carbons (Fsp3) is 0.348. The molecule has 0 unspecified atom stereocenters. The van der Waals surface area contributed by atoms with E-state index in [1.165, 1.54) is 4.57 Å². The molecule has 152 valence electrons. The molecule has 3 aromatic rings. The molecule has 1 heterocycles. The third kappa shape index (κ3) is 5.02. The first kappa shape index (κ1) is 20.6. The van der Waals surface area contributed by atoms with Crippen molar-refractivity contribution in [2.24, 2.45) is 0 Å². The minimum Gasteiger partial charge on any atom is -0.356 e. The third-order valence-corrected chi connectivity index (χ3v) is 4.92. The zero-order valence-corrected chi connectivity index (χ0v) is 16.8. The van der Waals surface area contributed by atoms with Crippen LogP contribution in [0.3, 0.4) is 0 Å². The minimum atomic E-state index is -0.312. The van der Waals surface area contributed by atoms with Crippen LogP contribution in [0.15, 0.2) is 64.2 Å². The smallest absolute Gasteiger partial charge is 0.331 e. The Kier molecular flexibility index (Phi) is 7.00. The van der Waals surface area contributed by atoms with Gasteiger partial charge in [-0.05, 0) is 37.0 Å². The summed E-state index contributed by atoms with van der Waals surface area (Å²) in [7, 11) is 0. The van der Waals surface area contributed by atoms with Gasteiger partial charge in [0.05, 0.1) is 17.4 Å². The van der Waals surface area contributed by atoms with Crippen LogP contribution in [-0.4, -0.2) is 21.6 Å². The molecule has 2 aromatic carbocycles. The molecule has 1 amide bonds. The van der Waals surface area contributed by atoms with E-state index < -0.39 is 0 Å². The van der Waals surface area contributed by atoms with Crippen molar-refractivity contribution in [1.29, 1.82) is 0 Å². The van der Waals surface area contributed by atoms with Crippen LogP contribution in [0.5, 0.6) is 0 Å². The summed E-state index contributed by atoms with van der Waals surface area (Å²) in [5, 5.41) is 3.37. The zero-order chi connectivity index (χ0) is 20.6. The average molecular weight is 393 g/mol. The maximum atomic E-state index is 13.1. The Balaban J connectivity index is 1.85. The van der Waals surface area contributed by atoms with Gasteiger partial charge in [0.1, 0.15) is 0 Å². The molecule has 0 saturated carbocycles. The first-order valence-corrected chi connectivity index (χ1v) is 10.1. The largest absolute Gasteiger partial charge is 0.356 e. The summed E-state index contributed by atoms with van der Waals surface area (Å²) in [6.07, 6.45) is 2.53. The van der Waals surface area contributed by atoms with E-state index in [4.69, 9.17) is 0 Å². The average Bonchev–Trinajstić information content (AvgIpc) is 2.75. The van der Waals surface area contributed by atoms with E-state index >= 15 is 0 Å². The molecule has 3 rings (SSSR count). The second-order valence-electron chi connectivity index (χ2n) is 7.14. The van der Waals surface area contributed by atoms with Gasteiger partial charge in [-0.3, -0.25) is 18.7 Å². The van der Waals surface area contributed by atoms with E-state index in [2.05, 4.69) is 5.32 Å². The van der Waals surface area contributed by atoms with E-state index in [1.54, 1.807) is 10.6 Å². The topological polar surface area (TPSA) is 73.1 Å². The van der Waals surface area contributed by atoms with Crippen LogP contribution < -0.4 is 16.6 Å². The molecule has 0 saturated heterocycles. The molecule has 1 aromatic heterocycles. The molecular weight excluding hydrogens is 366 g/mol. The molecule has 29 heavy (non-hydrogen) atoms. The summed E-state index contributed by atoms with van der Waals surface area (Å²) in [6.45, 7) is 3.39. The second-order valence-corrected chi connectivity index (χ2v) is 7.14. The number of nitrogens with zero attached hydrogens (tertiary/aromatic N) is 2. The number of para-hydroxylation sites is 1. The van der Waals surface area contributed by atoms with E-state index in [0.29, 0.717) is 49.8 Å². The van der Waals surface area contributed by atoms with Gasteiger partial charge in [0.25, 0.3) is 5.56 Å². The number of carbonyl (C=O) groups excluding carboxylic acids is 1. The molecule has 6 nitrogen and oxygen atoms in total. The van der Waals surface area contributed by atoms with E-state index in [-0.39, 0.29) is 17.2 Å². The highest BCUT2D eigenvalue weighted by Crippen LogP contribution is 2.10. The van der Waals surface area contributed by atoms with Crippen molar-refractivity contribution in [3.63, 3.8) is 0 Å². The first-order valence-electron chi connectivity index (χ1n) is 10.1. The maximum Gasteiger partial charge on any atom is 0.331 e. The van der Waals surface area contributed by atoms with Crippen LogP contribution in [0.1, 0.15) is 38.2 Å². The fourth-order valence-electron chi connectivity index (χ4n) is 3.40. The third-order valence-electron chi connectivity index (χ3n) is 4.92. The molecule has 0 aliphatic rings. The van der Waals surface area contributed by atoms with Crippen LogP contribution in [0, 0.1) is 0 Å². The van der Waals surface area contributed by atoms with Gasteiger partial charge in [0.15, 0.2) is 0 Å². The van der Waals surface area contributed by atoms with Gasteiger partial charge in [0, 0.05) is 19.5 Å². The number of aromatic nitrogens is 2. The van der Waals surface area contributed by atoms with Crippen molar-refractivity contribution in [3.8, 4) is 0 Å². The highest BCUT2D eigenvalue weighted by atomic mass is 16.2. The highest BCUT2D eigenvalue weighted by molar-refractivity contribution is 5.78. The Morgan fingerprint density at radius 2 is 1.66 bits per heavy atom. The van der Waals surface area contributed by atoms with Crippen LogP contribution >= 0.6 is 0 Å². The number of benzene rings is 2. The quantitative estimate of drug-likeness (QED) is 0.568. The standard InChI is InChI=1S/C23H27N3O3/c1-2-15-24-21(27)14-8-9-16-25-22(28)19-12-6-7-13-20(19)26(23(25)29)17-18-10-4-3-5-11-18/h3-7,10-13H,2,8-9,14-17H2,1H3,(H,24,27). The molecule has 0 aliphatic heterocycles. The van der Waals surface area contributed by atoms with Crippen LogP contribution in [0.2, 0.25) is 0 Å². The lowest BCUT2D eigenvalue weighted by atomic mass is 10.2. The predicted molar refractivity (Wildman–Crippen MR) is 115 cm³/mol. The lowest BCUT2D eigenvalue weighted by molar-refractivity contribution is -0.121. The molecule has 0 aliphatic carbocycles. The minimum absolute atomic E-state index is 0.0131. The first-order chi connectivity index (χ1) is 14.1. The Hall–Kier alpha value is -3.15. The van der Waals surface area contributed by atoms with Crippen molar-refractivity contribution in [3.05, 3.63) is 81.0 Å². The number of unbranched alkanes of at least 4 members (excludes halogenated alkanes) is 1. The number of nitrogens with one attached hydrogen (secondary N) is 1. The lowest BCUT2D eigenvalue weighted by Crippen LogP contribution is -2.40. The molecule has 1 N–H and O–H groups in total. The van der Waals surface area contributed by atoms with Gasteiger partial charge in [-0.1, -0.05) is 49.4 Å². The van der Waals surface area contributed by atoms with Crippen molar-refractivity contribution in [2.75, 3.05) is 6.54 Å². The van der Waals surface area contributed by atoms with E-state index in [0.717, 1.165) is 12.0 Å². The van der Waals surface area contributed by atoms with Crippen LogP contribution in [0.4, 0.5) is 0 Å². The van der Waals surface area contributed by atoms with Gasteiger partial charge >= 0.3 is 5.69 Å². The van der Waals surface area contributed by atoms with Crippen LogP contribution in [0.25, 0.3) is 10.9 Å². The van der Waals surface area contributed by atoms with Crippen LogP contribution in [-0.2, 0) is 17.9 Å². The second kappa shape index (κ2) is 9.87. The maximum absolute atomic E-state index is 13.1. The number of rotatable bonds is 9. The van der Waals surface area contributed by atoms with E-state index in [1.807, 2.05) is 55.5 Å². The van der Waals surface area contributed by atoms with Crippen molar-refractivity contribution in [1.82, 2.24) is 14.5 Å². The summed E-state index contributed by atoms with van der Waals surface area (Å²) in [5.41, 5.74) is 1.05. The number of hydrogen-bond donors (Lipinski definition) is 1. The lowest BCUT2D eigenvalue weighted by Gasteiger charge is -2.14. The normalized spacial score (nSPS) is 10.9. The summed E-state index contributed by atoms with van der Waals surface area (Å²) < 4.78 is 2.95. The monoisotopic (exact) mass is 393 g/mol. The van der Waals surface area contributed by atoms with Gasteiger partial charge in [-0.25, -0.2) is 4.79 Å². The molecule has 6 heteroatoms. The fourth-order valence-corrected chi connectivity index (χ4v) is 3.40. The van der Waals surface area contributed by atoms with Gasteiger partial charge < -0.3 is 5.32 Å². The number of carbonyl (C=O) groups is 1. The summed E-state index contributed by atoms with van der Waals surface area (Å²) in [6, 6.07) is 16.9. The summed E-state index contributed by atoms with van der Waals surface area (Å²) in [4.78, 5) is 37.8. The Labute approximate surface area is 169 Å². The Morgan fingerprint density at radius 3 is 2.41 bits per heavy atom. The Bertz CT molecular complexity index is 1080. The molecular formula is C23H27N3O3. The van der Waals surface area contributed by atoms with Gasteiger partial charge in [0.2, 0.25) is 5.91 Å². The summed E-state index contributed by atoms with van der Waals surface area (Å²) in [5.74, 6) is 0.0131. The SMILES string of the molecule is CCCNC(=O)CCCCn1c(=O)c2ccccc2n(Cc2ccccc2)c1=O. The molecule has 0 atom stereocenters. The number of fused-ring (bicyclic) bond motifs is 1. The van der Waals surface area contributed by atoms with Crippen molar-refractivity contribution in [2.45, 2.75) is 45.7 Å². The van der Waals surface area contributed by atoms with Crippen molar-refractivity contribution < 1.29 is 4.79 Å². The number of hydrogen-bond acceptors (Lipinski definition) is 3. The predicted octanol–water partition coefficient (Wildman–Crippen LogP) is 2.91.